The summed E-state index contributed by atoms with van der Waals surface area (Å²) in [5.74, 6) is -11.7. The van der Waals surface area contributed by atoms with Crippen LogP contribution < -0.4 is 54.4 Å². The van der Waals surface area contributed by atoms with Gasteiger partial charge in [-0.05, 0) is 51.4 Å². The lowest BCUT2D eigenvalue weighted by Crippen LogP contribution is -2.62. The summed E-state index contributed by atoms with van der Waals surface area (Å²) in [6, 6.07) is -13.2. The van der Waals surface area contributed by atoms with Gasteiger partial charge in [-0.3, -0.25) is 57.5 Å². The van der Waals surface area contributed by atoms with Gasteiger partial charge in [0.25, 0.3) is 0 Å². The lowest BCUT2D eigenvalue weighted by molar-refractivity contribution is -0.148. The second kappa shape index (κ2) is 26.7. The van der Waals surface area contributed by atoms with Gasteiger partial charge in [-0.25, -0.2) is 0 Å². The smallest absolute Gasteiger partial charge is 0.246 e. The molecule has 3 saturated heterocycles. The third-order valence-electron chi connectivity index (χ3n) is 11.1. The number of nitrogens with two attached hydrogens (primary N) is 3. The van der Waals surface area contributed by atoms with Crippen molar-refractivity contribution in [1.82, 2.24) is 47.0 Å². The van der Waals surface area contributed by atoms with E-state index in [1.54, 1.807) is 13.8 Å². The van der Waals surface area contributed by atoms with Gasteiger partial charge in [-0.1, -0.05) is 35.4 Å². The molecule has 0 aliphatic carbocycles. The van der Waals surface area contributed by atoms with Crippen molar-refractivity contribution in [3.05, 3.63) is 0 Å². The standard InChI is InChI=1S/C40H64N12O14S2/c1-18(2)13-22-34(60)48-24(15-53)35(61)47-23(14-30(42)57)39(65)52-12-6-8-28(52)40(66)51-11-5-7-27(51)37(63)45-21(9-10-29(41)56)33(59)49-25(32(43)58)16-67-68-17-26(44-20(4)55)36(62)50-31(19(3)54)38(64)46-22/h18-19,21-28,31,53-54H,5-17H2,1-4H3,(H2,41,56)(H2,42,57)(H2,43,58)(H,44,55)(H,45,63)(H,46,64)(H,47,61)(H,48,60)(H,49,59)(H,50,62)/t19-,21+,22+,23+,24+,25+,26+,27+,28+,31+/m1/s1. The number of hydrogen-bond acceptors (Lipinski definition) is 16. The topological polar surface area (TPSA) is 414 Å². The van der Waals surface area contributed by atoms with Gasteiger partial charge >= 0.3 is 0 Å². The largest absolute Gasteiger partial charge is 0.394 e. The van der Waals surface area contributed by atoms with Crippen LogP contribution in [0.15, 0.2) is 0 Å². The summed E-state index contributed by atoms with van der Waals surface area (Å²) in [5.41, 5.74) is 16.4. The lowest BCUT2D eigenvalue weighted by Gasteiger charge is -2.33. The van der Waals surface area contributed by atoms with E-state index in [9.17, 15) is 67.7 Å². The maximum absolute atomic E-state index is 14.2. The second-order valence-corrected chi connectivity index (χ2v) is 19.7. The molecule has 0 aromatic rings. The summed E-state index contributed by atoms with van der Waals surface area (Å²) in [7, 11) is 1.89. The number of primary amides is 3. The van der Waals surface area contributed by atoms with E-state index in [4.69, 9.17) is 17.2 Å². The minimum Gasteiger partial charge on any atom is -0.394 e. The fraction of sp³-hybridized carbons (Fsp3) is 0.700. The number of amides is 12. The van der Waals surface area contributed by atoms with Crippen LogP contribution in [-0.4, -0.2) is 183 Å². The van der Waals surface area contributed by atoms with Crippen molar-refractivity contribution >= 4 is 92.5 Å². The molecule has 0 aromatic carbocycles. The summed E-state index contributed by atoms with van der Waals surface area (Å²) in [6.07, 6.45) is -2.24. The van der Waals surface area contributed by atoms with E-state index in [2.05, 4.69) is 37.2 Å². The minimum absolute atomic E-state index is 0.0171. The first-order valence-corrected chi connectivity index (χ1v) is 24.5. The number of hydrogen-bond donors (Lipinski definition) is 12. The number of fused-ring (bicyclic) bond motifs is 2. The van der Waals surface area contributed by atoms with E-state index < -0.39 is 144 Å². The number of carbonyl (C=O) groups is 12. The molecule has 10 atom stereocenters. The van der Waals surface area contributed by atoms with E-state index in [1.807, 2.05) is 0 Å². The molecule has 3 fully saturated rings. The highest BCUT2D eigenvalue weighted by Gasteiger charge is 2.45. The molecule has 15 N–H and O–H groups in total. The van der Waals surface area contributed by atoms with Crippen LogP contribution in [0.1, 0.15) is 79.1 Å². The highest BCUT2D eigenvalue weighted by atomic mass is 33.1. The summed E-state index contributed by atoms with van der Waals surface area (Å²) in [5, 5.41) is 37.8. The Hall–Kier alpha value is -5.74. The first-order chi connectivity index (χ1) is 31.9. The van der Waals surface area contributed by atoms with Crippen LogP contribution in [-0.2, 0) is 57.5 Å². The molecule has 3 aliphatic heterocycles. The van der Waals surface area contributed by atoms with Crippen LogP contribution in [0.4, 0.5) is 0 Å². The van der Waals surface area contributed by atoms with Gasteiger partial charge in [0.15, 0.2) is 0 Å². The van der Waals surface area contributed by atoms with E-state index in [1.165, 1.54) is 11.8 Å². The van der Waals surface area contributed by atoms with Crippen LogP contribution in [0.2, 0.25) is 0 Å². The highest BCUT2D eigenvalue weighted by Crippen LogP contribution is 2.27. The van der Waals surface area contributed by atoms with Crippen molar-refractivity contribution in [2.45, 2.75) is 140 Å². The van der Waals surface area contributed by atoms with Gasteiger partial charge in [0, 0.05) is 37.9 Å². The molecule has 0 bridgehead atoms. The fourth-order valence-corrected chi connectivity index (χ4v) is 10.0. The molecule has 12 amide bonds. The zero-order valence-corrected chi connectivity index (χ0v) is 39.9. The maximum Gasteiger partial charge on any atom is 0.246 e. The zero-order chi connectivity index (χ0) is 51.0. The minimum atomic E-state index is -1.78. The molecule has 0 spiro atoms. The zero-order valence-electron chi connectivity index (χ0n) is 38.3. The van der Waals surface area contributed by atoms with Gasteiger partial charge in [-0.15, -0.1) is 0 Å². The number of carbonyl (C=O) groups excluding carboxylic acids is 12. The third kappa shape index (κ3) is 16.8. The first kappa shape index (κ1) is 56.6. The average molecular weight is 1000 g/mol. The van der Waals surface area contributed by atoms with Crippen molar-refractivity contribution in [3.63, 3.8) is 0 Å². The van der Waals surface area contributed by atoms with Gasteiger partial charge in [0.1, 0.15) is 54.4 Å². The molecule has 380 valence electrons. The Kier molecular flexibility index (Phi) is 22.2. The second-order valence-electron chi connectivity index (χ2n) is 17.1. The van der Waals surface area contributed by atoms with Crippen molar-refractivity contribution in [2.24, 2.45) is 23.1 Å². The average Bonchev–Trinajstić information content (AvgIpc) is 3.96. The Morgan fingerprint density at radius 2 is 1.22 bits per heavy atom. The van der Waals surface area contributed by atoms with Gasteiger partial charge in [0.2, 0.25) is 70.9 Å². The summed E-state index contributed by atoms with van der Waals surface area (Å²) in [6.45, 7) is 4.71. The van der Waals surface area contributed by atoms with E-state index >= 15 is 0 Å². The van der Waals surface area contributed by atoms with Crippen molar-refractivity contribution < 1.29 is 67.7 Å². The van der Waals surface area contributed by atoms with Crippen LogP contribution in [0, 0.1) is 5.92 Å². The number of aliphatic hydroxyl groups is 2. The predicted octanol–water partition coefficient (Wildman–Crippen LogP) is -6.18. The molecule has 0 saturated carbocycles. The van der Waals surface area contributed by atoms with Gasteiger partial charge in [0.05, 0.1) is 19.1 Å². The summed E-state index contributed by atoms with van der Waals surface area (Å²) in [4.78, 5) is 162. The Labute approximate surface area is 400 Å². The summed E-state index contributed by atoms with van der Waals surface area (Å²) < 4.78 is 0. The number of aliphatic hydroxyl groups excluding tert-OH is 2. The number of nitrogens with zero attached hydrogens (tertiary/aromatic N) is 2. The predicted molar refractivity (Wildman–Crippen MR) is 243 cm³/mol. The van der Waals surface area contributed by atoms with Crippen molar-refractivity contribution in [1.29, 1.82) is 0 Å². The molecule has 3 heterocycles. The Bertz CT molecular complexity index is 1930. The quantitative estimate of drug-likeness (QED) is 0.0857. The van der Waals surface area contributed by atoms with Crippen molar-refractivity contribution in [2.75, 3.05) is 31.2 Å². The number of nitrogens with one attached hydrogen (secondary N) is 7. The fourth-order valence-electron chi connectivity index (χ4n) is 7.70. The highest BCUT2D eigenvalue weighted by molar-refractivity contribution is 8.76. The molecule has 3 rings (SSSR count). The van der Waals surface area contributed by atoms with Crippen LogP contribution in [0.3, 0.4) is 0 Å². The molecule has 0 radical (unpaired) electrons. The molecule has 68 heavy (non-hydrogen) atoms. The molecule has 3 aliphatic rings. The van der Waals surface area contributed by atoms with E-state index in [0.29, 0.717) is 12.8 Å². The lowest BCUT2D eigenvalue weighted by atomic mass is 10.0. The van der Waals surface area contributed by atoms with Gasteiger partial charge in [-0.2, -0.15) is 0 Å². The molecular formula is C40H64N12O14S2. The molecular weight excluding hydrogens is 937 g/mol. The Balaban J connectivity index is 2.07. The molecule has 26 nitrogen and oxygen atoms in total. The van der Waals surface area contributed by atoms with Crippen LogP contribution in [0.5, 0.6) is 0 Å². The van der Waals surface area contributed by atoms with Crippen molar-refractivity contribution in [3.8, 4) is 0 Å². The van der Waals surface area contributed by atoms with Crippen LogP contribution >= 0.6 is 21.6 Å². The van der Waals surface area contributed by atoms with E-state index in [0.717, 1.165) is 33.4 Å². The van der Waals surface area contributed by atoms with Gasteiger partial charge < -0.3 is 74.4 Å². The Morgan fingerprint density at radius 3 is 1.78 bits per heavy atom. The molecule has 0 unspecified atom stereocenters. The molecule has 0 aromatic heterocycles. The molecule has 28 heteroatoms. The SMILES string of the molecule is CC(=O)N[C@H]1CSSC[C@@H](C(N)=O)NC(=O)[C@H](CCC(N)=O)NC(=O)[C@@H]2CCCN2C(=O)[C@@H]2CCCN2C(=O)[C@H](CC(N)=O)NC(=O)[C@H](CO)NC(=O)[C@H](CC(C)C)NC(=O)[C@H]([C@@H](C)O)NC1=O. The number of rotatable bonds is 11. The van der Waals surface area contributed by atoms with E-state index in [-0.39, 0.29) is 62.6 Å². The Morgan fingerprint density at radius 1 is 0.676 bits per heavy atom. The third-order valence-corrected chi connectivity index (χ3v) is 13.5. The van der Waals surface area contributed by atoms with Crippen LogP contribution in [0.25, 0.3) is 0 Å². The normalized spacial score (nSPS) is 28.5. The maximum atomic E-state index is 14.2. The monoisotopic (exact) mass is 1000 g/mol. The first-order valence-electron chi connectivity index (χ1n) is 22.0. The summed E-state index contributed by atoms with van der Waals surface area (Å²) >= 11 is 0.